The molecule has 0 fully saturated rings. The highest BCUT2D eigenvalue weighted by atomic mass is 79.9. The molecule has 0 aliphatic rings. The number of ketones is 1. The molecule has 0 atom stereocenters. The van der Waals surface area contributed by atoms with Crippen molar-refractivity contribution in [2.75, 3.05) is 6.61 Å². The van der Waals surface area contributed by atoms with Crippen molar-refractivity contribution in [1.29, 1.82) is 0 Å². The number of Topliss-reactive ketones (excluding diaryl/α,β-unsaturated/α-hetero) is 1. The van der Waals surface area contributed by atoms with Crippen LogP contribution in [0.2, 0.25) is 0 Å². The maximum absolute atomic E-state index is 11.0. The molecule has 0 spiro atoms. The van der Waals surface area contributed by atoms with Gasteiger partial charge in [0.2, 0.25) is 0 Å². The topological polar surface area (TPSA) is 39.2 Å². The molecule has 0 amide bonds. The van der Waals surface area contributed by atoms with Gasteiger partial charge in [0.25, 0.3) is 0 Å². The fourth-order valence-corrected chi connectivity index (χ4v) is 1.45. The Bertz CT molecular complexity index is 328. The number of nitrogens with zero attached hydrogens (tertiary/aromatic N) is 1. The fraction of sp³-hybridized carbons (Fsp3) is 0.455. The smallest absolute Gasteiger partial charge is 0.138 e. The SMILES string of the molecule is CCC(=O)CCCOc1cncc(Br)c1. The van der Waals surface area contributed by atoms with E-state index in [1.807, 2.05) is 13.0 Å². The highest BCUT2D eigenvalue weighted by molar-refractivity contribution is 9.10. The molecule has 15 heavy (non-hydrogen) atoms. The van der Waals surface area contributed by atoms with Crippen molar-refractivity contribution in [3.05, 3.63) is 22.9 Å². The Morgan fingerprint density at radius 3 is 3.00 bits per heavy atom. The molecule has 0 saturated heterocycles. The molecule has 1 aromatic heterocycles. The minimum atomic E-state index is 0.283. The zero-order valence-corrected chi connectivity index (χ0v) is 10.3. The molecule has 0 radical (unpaired) electrons. The largest absolute Gasteiger partial charge is 0.492 e. The lowest BCUT2D eigenvalue weighted by molar-refractivity contribution is -0.118. The van der Waals surface area contributed by atoms with E-state index in [0.29, 0.717) is 19.4 Å². The third-order valence-electron chi connectivity index (χ3n) is 1.94. The molecule has 0 unspecified atom stereocenters. The molecule has 4 heteroatoms. The lowest BCUT2D eigenvalue weighted by atomic mass is 10.2. The summed E-state index contributed by atoms with van der Waals surface area (Å²) in [5.74, 6) is 1.01. The van der Waals surface area contributed by atoms with E-state index in [2.05, 4.69) is 20.9 Å². The Balaban J connectivity index is 2.23. The van der Waals surface area contributed by atoms with Crippen molar-refractivity contribution in [2.24, 2.45) is 0 Å². The minimum absolute atomic E-state index is 0.283. The van der Waals surface area contributed by atoms with Crippen LogP contribution in [-0.2, 0) is 4.79 Å². The molecular weight excluding hydrogens is 258 g/mol. The van der Waals surface area contributed by atoms with Crippen molar-refractivity contribution in [2.45, 2.75) is 26.2 Å². The number of rotatable bonds is 6. The number of aromatic nitrogens is 1. The van der Waals surface area contributed by atoms with E-state index in [1.54, 1.807) is 12.4 Å². The third kappa shape index (κ3) is 4.93. The van der Waals surface area contributed by atoms with E-state index in [4.69, 9.17) is 4.74 Å². The Hall–Kier alpha value is -0.900. The van der Waals surface area contributed by atoms with Crippen LogP contribution in [0.1, 0.15) is 26.2 Å². The van der Waals surface area contributed by atoms with Gasteiger partial charge >= 0.3 is 0 Å². The van der Waals surface area contributed by atoms with Gasteiger partial charge in [0.15, 0.2) is 0 Å². The van der Waals surface area contributed by atoms with Crippen LogP contribution in [0.3, 0.4) is 0 Å². The summed E-state index contributed by atoms with van der Waals surface area (Å²) >= 11 is 3.31. The van der Waals surface area contributed by atoms with Gasteiger partial charge in [0.1, 0.15) is 11.5 Å². The average molecular weight is 272 g/mol. The molecule has 1 heterocycles. The quantitative estimate of drug-likeness (QED) is 0.747. The number of carbonyl (C=O) groups excluding carboxylic acids is 1. The maximum Gasteiger partial charge on any atom is 0.138 e. The van der Waals surface area contributed by atoms with E-state index in [0.717, 1.165) is 16.6 Å². The minimum Gasteiger partial charge on any atom is -0.492 e. The van der Waals surface area contributed by atoms with Crippen LogP contribution in [-0.4, -0.2) is 17.4 Å². The van der Waals surface area contributed by atoms with Crippen molar-refractivity contribution in [3.8, 4) is 5.75 Å². The number of carbonyl (C=O) groups is 1. The van der Waals surface area contributed by atoms with Gasteiger partial charge < -0.3 is 4.74 Å². The highest BCUT2D eigenvalue weighted by Crippen LogP contribution is 2.15. The summed E-state index contributed by atoms with van der Waals surface area (Å²) in [5.41, 5.74) is 0. The Labute approximate surface area is 98.0 Å². The van der Waals surface area contributed by atoms with Crippen LogP contribution in [0.4, 0.5) is 0 Å². The van der Waals surface area contributed by atoms with Crippen LogP contribution in [0.25, 0.3) is 0 Å². The summed E-state index contributed by atoms with van der Waals surface area (Å²) in [4.78, 5) is 15.0. The van der Waals surface area contributed by atoms with Crippen molar-refractivity contribution in [3.63, 3.8) is 0 Å². The van der Waals surface area contributed by atoms with Gasteiger partial charge in [0.05, 0.1) is 12.8 Å². The van der Waals surface area contributed by atoms with Gasteiger partial charge in [-0.2, -0.15) is 0 Å². The molecule has 0 aliphatic carbocycles. The summed E-state index contributed by atoms with van der Waals surface area (Å²) in [5, 5.41) is 0. The number of hydrogen-bond donors (Lipinski definition) is 0. The van der Waals surface area contributed by atoms with Gasteiger partial charge in [-0.05, 0) is 28.4 Å². The summed E-state index contributed by atoms with van der Waals surface area (Å²) in [6.07, 6.45) is 5.33. The van der Waals surface area contributed by atoms with E-state index < -0.39 is 0 Å². The molecule has 82 valence electrons. The second kappa shape index (κ2) is 6.56. The molecule has 0 aromatic carbocycles. The first-order valence-electron chi connectivity index (χ1n) is 4.97. The first kappa shape index (κ1) is 12.2. The molecule has 0 aliphatic heterocycles. The zero-order chi connectivity index (χ0) is 11.1. The lowest BCUT2D eigenvalue weighted by Gasteiger charge is -2.04. The summed E-state index contributed by atoms with van der Waals surface area (Å²) in [6.45, 7) is 2.44. The Morgan fingerprint density at radius 2 is 2.33 bits per heavy atom. The van der Waals surface area contributed by atoms with Gasteiger partial charge in [-0.15, -0.1) is 0 Å². The second-order valence-electron chi connectivity index (χ2n) is 3.18. The molecular formula is C11H14BrNO2. The Kier molecular flexibility index (Phi) is 5.32. The second-order valence-corrected chi connectivity index (χ2v) is 4.10. The zero-order valence-electron chi connectivity index (χ0n) is 8.70. The normalized spacial score (nSPS) is 10.0. The average Bonchev–Trinajstić information content (AvgIpc) is 2.24. The molecule has 1 aromatic rings. The lowest BCUT2D eigenvalue weighted by Crippen LogP contribution is -2.02. The first-order valence-corrected chi connectivity index (χ1v) is 5.76. The van der Waals surface area contributed by atoms with Crippen LogP contribution in [0.15, 0.2) is 22.9 Å². The van der Waals surface area contributed by atoms with Crippen molar-refractivity contribution in [1.82, 2.24) is 4.98 Å². The van der Waals surface area contributed by atoms with E-state index in [-0.39, 0.29) is 5.78 Å². The van der Waals surface area contributed by atoms with E-state index in [9.17, 15) is 4.79 Å². The van der Waals surface area contributed by atoms with Gasteiger partial charge in [-0.25, -0.2) is 0 Å². The molecule has 0 bridgehead atoms. The highest BCUT2D eigenvalue weighted by Gasteiger charge is 1.99. The van der Waals surface area contributed by atoms with Crippen LogP contribution in [0, 0.1) is 0 Å². The molecule has 3 nitrogen and oxygen atoms in total. The van der Waals surface area contributed by atoms with Crippen molar-refractivity contribution < 1.29 is 9.53 Å². The molecule has 0 N–H and O–H groups in total. The predicted octanol–water partition coefficient (Wildman–Crippen LogP) is 2.98. The standard InChI is InChI=1S/C11H14BrNO2/c1-2-10(14)4-3-5-15-11-6-9(12)7-13-8-11/h6-8H,2-5H2,1H3. The van der Waals surface area contributed by atoms with Crippen molar-refractivity contribution >= 4 is 21.7 Å². The van der Waals surface area contributed by atoms with E-state index >= 15 is 0 Å². The third-order valence-corrected chi connectivity index (χ3v) is 2.38. The van der Waals surface area contributed by atoms with Crippen LogP contribution < -0.4 is 4.74 Å². The number of ether oxygens (including phenoxy) is 1. The van der Waals surface area contributed by atoms with Gasteiger partial charge in [-0.3, -0.25) is 9.78 Å². The molecule has 0 saturated carbocycles. The maximum atomic E-state index is 11.0. The summed E-state index contributed by atoms with van der Waals surface area (Å²) in [6, 6.07) is 1.86. The molecule has 1 rings (SSSR count). The first-order chi connectivity index (χ1) is 7.22. The number of halogens is 1. The summed E-state index contributed by atoms with van der Waals surface area (Å²) < 4.78 is 6.33. The fourth-order valence-electron chi connectivity index (χ4n) is 1.11. The monoisotopic (exact) mass is 271 g/mol. The van der Waals surface area contributed by atoms with Crippen LogP contribution in [0.5, 0.6) is 5.75 Å². The van der Waals surface area contributed by atoms with Crippen LogP contribution >= 0.6 is 15.9 Å². The number of pyridine rings is 1. The summed E-state index contributed by atoms with van der Waals surface area (Å²) in [7, 11) is 0. The Morgan fingerprint density at radius 1 is 1.53 bits per heavy atom. The van der Waals surface area contributed by atoms with E-state index in [1.165, 1.54) is 0 Å². The predicted molar refractivity (Wildman–Crippen MR) is 62.0 cm³/mol. The van der Waals surface area contributed by atoms with Gasteiger partial charge in [-0.1, -0.05) is 6.92 Å². The number of hydrogen-bond acceptors (Lipinski definition) is 3. The van der Waals surface area contributed by atoms with Gasteiger partial charge in [0, 0.05) is 23.5 Å².